The van der Waals surface area contributed by atoms with Gasteiger partial charge in [-0.1, -0.05) is 22.0 Å². The zero-order chi connectivity index (χ0) is 11.5. The molecule has 2 aromatic carbocycles. The van der Waals surface area contributed by atoms with E-state index >= 15 is 0 Å². The fourth-order valence-corrected chi connectivity index (χ4v) is 1.78. The minimum Gasteiger partial charge on any atom is -0.457 e. The van der Waals surface area contributed by atoms with Gasteiger partial charge in [0, 0.05) is 16.1 Å². The van der Waals surface area contributed by atoms with E-state index in [1.807, 2.05) is 49.4 Å². The van der Waals surface area contributed by atoms with E-state index in [9.17, 15) is 0 Å². The van der Waals surface area contributed by atoms with Gasteiger partial charge in [-0.05, 0) is 37.3 Å². The summed E-state index contributed by atoms with van der Waals surface area (Å²) in [5.41, 5.74) is 6.08. The predicted octanol–water partition coefficient (Wildman–Crippen LogP) is 3.42. The third-order valence-corrected chi connectivity index (χ3v) is 2.84. The lowest BCUT2D eigenvalue weighted by molar-refractivity contribution is -0.255. The number of quaternary nitrogens is 1. The molecule has 0 aliphatic carbocycles. The summed E-state index contributed by atoms with van der Waals surface area (Å²) in [6.07, 6.45) is 0. The molecule has 3 N–H and O–H groups in total. The topological polar surface area (TPSA) is 36.9 Å². The van der Waals surface area contributed by atoms with E-state index in [1.54, 1.807) is 0 Å². The van der Waals surface area contributed by atoms with E-state index in [1.165, 1.54) is 0 Å². The first kappa shape index (κ1) is 11.2. The number of rotatable bonds is 2. The second kappa shape index (κ2) is 4.68. The van der Waals surface area contributed by atoms with Crippen molar-refractivity contribution in [2.75, 3.05) is 0 Å². The molecule has 0 fully saturated rings. The molecule has 0 aliphatic heterocycles. The maximum absolute atomic E-state index is 5.74. The molecule has 82 valence electrons. The van der Waals surface area contributed by atoms with Gasteiger partial charge in [0.15, 0.2) is 0 Å². The van der Waals surface area contributed by atoms with Crippen LogP contribution in [0.25, 0.3) is 0 Å². The second-order valence-corrected chi connectivity index (χ2v) is 4.56. The molecule has 0 atom stereocenters. The quantitative estimate of drug-likeness (QED) is 0.898. The molecule has 2 aromatic rings. The molecule has 0 amide bonds. The van der Waals surface area contributed by atoms with E-state index in [0.29, 0.717) is 0 Å². The number of benzene rings is 2. The Labute approximate surface area is 103 Å². The van der Waals surface area contributed by atoms with Crippen LogP contribution in [-0.2, 0) is 0 Å². The van der Waals surface area contributed by atoms with Crippen LogP contribution < -0.4 is 10.5 Å². The van der Waals surface area contributed by atoms with Crippen molar-refractivity contribution in [3.63, 3.8) is 0 Å². The Morgan fingerprint density at radius 1 is 1.06 bits per heavy atom. The van der Waals surface area contributed by atoms with Gasteiger partial charge >= 0.3 is 0 Å². The summed E-state index contributed by atoms with van der Waals surface area (Å²) >= 11 is 3.41. The van der Waals surface area contributed by atoms with Gasteiger partial charge in [0.05, 0.1) is 0 Å². The molecular weight excluding hydrogens is 266 g/mol. The highest BCUT2D eigenvalue weighted by atomic mass is 79.9. The fourth-order valence-electron chi connectivity index (χ4n) is 1.40. The average molecular weight is 279 g/mol. The SMILES string of the molecule is Cc1cc(Oc2cccc(Br)c2)ccc1[NH3+]. The monoisotopic (exact) mass is 278 g/mol. The van der Waals surface area contributed by atoms with Crippen LogP contribution in [0.3, 0.4) is 0 Å². The Morgan fingerprint density at radius 3 is 2.50 bits per heavy atom. The van der Waals surface area contributed by atoms with Crippen molar-refractivity contribution < 1.29 is 10.5 Å². The predicted molar refractivity (Wildman–Crippen MR) is 67.9 cm³/mol. The summed E-state index contributed by atoms with van der Waals surface area (Å²) in [6, 6.07) is 13.7. The van der Waals surface area contributed by atoms with Crippen LogP contribution in [0, 0.1) is 6.92 Å². The molecule has 0 saturated heterocycles. The maximum Gasteiger partial charge on any atom is 0.131 e. The smallest absolute Gasteiger partial charge is 0.131 e. The summed E-state index contributed by atoms with van der Waals surface area (Å²) in [6.45, 7) is 2.02. The van der Waals surface area contributed by atoms with Crippen molar-refractivity contribution in [2.24, 2.45) is 0 Å². The lowest BCUT2D eigenvalue weighted by Gasteiger charge is -2.06. The van der Waals surface area contributed by atoms with Gasteiger partial charge in [-0.15, -0.1) is 0 Å². The van der Waals surface area contributed by atoms with E-state index in [4.69, 9.17) is 4.74 Å². The molecule has 0 unspecified atom stereocenters. The van der Waals surface area contributed by atoms with Gasteiger partial charge in [-0.25, -0.2) is 0 Å². The highest BCUT2D eigenvalue weighted by Crippen LogP contribution is 2.26. The number of ether oxygens (including phenoxy) is 1. The van der Waals surface area contributed by atoms with Gasteiger partial charge in [-0.2, -0.15) is 0 Å². The highest BCUT2D eigenvalue weighted by Gasteiger charge is 2.01. The average Bonchev–Trinajstić information content (AvgIpc) is 2.24. The minimum absolute atomic E-state index is 0.825. The summed E-state index contributed by atoms with van der Waals surface area (Å²) in [5, 5.41) is 0. The minimum atomic E-state index is 0.825. The van der Waals surface area contributed by atoms with Crippen LogP contribution in [0.5, 0.6) is 11.5 Å². The van der Waals surface area contributed by atoms with Gasteiger partial charge in [0.25, 0.3) is 0 Å². The van der Waals surface area contributed by atoms with Gasteiger partial charge in [0.2, 0.25) is 0 Å². The van der Waals surface area contributed by atoms with Crippen molar-refractivity contribution in [1.29, 1.82) is 0 Å². The zero-order valence-corrected chi connectivity index (χ0v) is 10.6. The maximum atomic E-state index is 5.74. The molecule has 0 saturated carbocycles. The van der Waals surface area contributed by atoms with Crippen molar-refractivity contribution >= 4 is 21.6 Å². The molecule has 16 heavy (non-hydrogen) atoms. The van der Waals surface area contributed by atoms with Crippen molar-refractivity contribution in [3.8, 4) is 11.5 Å². The zero-order valence-electron chi connectivity index (χ0n) is 9.03. The van der Waals surface area contributed by atoms with E-state index in [0.717, 1.165) is 27.2 Å². The Bertz CT molecular complexity index is 511. The Hall–Kier alpha value is -1.32. The van der Waals surface area contributed by atoms with Crippen LogP contribution in [0.15, 0.2) is 46.9 Å². The van der Waals surface area contributed by atoms with Crippen LogP contribution in [0.4, 0.5) is 5.69 Å². The number of halogens is 1. The molecule has 3 heteroatoms. The molecule has 0 aromatic heterocycles. The molecule has 2 rings (SSSR count). The highest BCUT2D eigenvalue weighted by molar-refractivity contribution is 9.10. The summed E-state index contributed by atoms with van der Waals surface area (Å²) < 4.78 is 6.75. The molecule has 0 bridgehead atoms. The Kier molecular flexibility index (Phi) is 3.27. The first-order valence-corrected chi connectivity index (χ1v) is 5.80. The van der Waals surface area contributed by atoms with Crippen LogP contribution in [-0.4, -0.2) is 0 Å². The van der Waals surface area contributed by atoms with Crippen LogP contribution in [0.2, 0.25) is 0 Å². The number of aryl methyl sites for hydroxylation is 1. The van der Waals surface area contributed by atoms with Gasteiger partial charge in [-0.3, -0.25) is 0 Å². The summed E-state index contributed by atoms with van der Waals surface area (Å²) in [7, 11) is 0. The van der Waals surface area contributed by atoms with Crippen LogP contribution >= 0.6 is 15.9 Å². The molecule has 2 nitrogen and oxygen atoms in total. The van der Waals surface area contributed by atoms with Crippen LogP contribution in [0.1, 0.15) is 5.56 Å². The number of hydrogen-bond acceptors (Lipinski definition) is 1. The van der Waals surface area contributed by atoms with Crippen molar-refractivity contribution in [2.45, 2.75) is 6.92 Å². The lowest BCUT2D eigenvalue weighted by atomic mass is 10.2. The summed E-state index contributed by atoms with van der Waals surface area (Å²) in [5.74, 6) is 1.66. The first-order valence-electron chi connectivity index (χ1n) is 5.01. The van der Waals surface area contributed by atoms with Crippen molar-refractivity contribution in [1.82, 2.24) is 0 Å². The molecular formula is C13H13BrNO+. The normalized spacial score (nSPS) is 10.2. The molecule has 0 heterocycles. The molecule has 0 spiro atoms. The third kappa shape index (κ3) is 2.62. The molecule has 0 radical (unpaired) electrons. The standard InChI is InChI=1S/C13H12BrNO/c1-9-7-12(5-6-13(9)15)16-11-4-2-3-10(14)8-11/h2-8H,15H2,1H3/p+1. The second-order valence-electron chi connectivity index (χ2n) is 3.65. The van der Waals surface area contributed by atoms with Gasteiger partial charge in [0.1, 0.15) is 17.2 Å². The Morgan fingerprint density at radius 2 is 1.81 bits per heavy atom. The molecule has 0 aliphatic rings. The fraction of sp³-hybridized carbons (Fsp3) is 0.0769. The van der Waals surface area contributed by atoms with E-state index in [-0.39, 0.29) is 0 Å². The summed E-state index contributed by atoms with van der Waals surface area (Å²) in [4.78, 5) is 0. The number of hydrogen-bond donors (Lipinski definition) is 1. The largest absolute Gasteiger partial charge is 0.457 e. The first-order chi connectivity index (χ1) is 7.65. The lowest BCUT2D eigenvalue weighted by Crippen LogP contribution is -2.40. The van der Waals surface area contributed by atoms with E-state index < -0.39 is 0 Å². The third-order valence-electron chi connectivity index (χ3n) is 2.35. The van der Waals surface area contributed by atoms with E-state index in [2.05, 4.69) is 21.7 Å². The van der Waals surface area contributed by atoms with Crippen molar-refractivity contribution in [3.05, 3.63) is 52.5 Å². The van der Waals surface area contributed by atoms with Gasteiger partial charge < -0.3 is 10.5 Å². The Balaban J connectivity index is 2.24.